The number of benzene rings is 1. The minimum atomic E-state index is 0.117. The van der Waals surface area contributed by atoms with Gasteiger partial charge in [-0.25, -0.2) is 0 Å². The number of nitrogens with zero attached hydrogens (tertiary/aromatic N) is 2. The molecule has 1 aromatic carbocycles. The van der Waals surface area contributed by atoms with E-state index >= 15 is 0 Å². The van der Waals surface area contributed by atoms with E-state index in [1.165, 1.54) is 0 Å². The largest absolute Gasteiger partial charge is 0.493 e. The fourth-order valence-corrected chi connectivity index (χ4v) is 4.31. The summed E-state index contributed by atoms with van der Waals surface area (Å²) >= 11 is 0. The lowest BCUT2D eigenvalue weighted by Crippen LogP contribution is -2.44. The van der Waals surface area contributed by atoms with Crippen molar-refractivity contribution < 1.29 is 14.3 Å². The number of amides is 2. The molecular weight excluding hydrogens is 352 g/mol. The van der Waals surface area contributed by atoms with E-state index in [2.05, 4.69) is 13.8 Å². The highest BCUT2D eigenvalue weighted by molar-refractivity contribution is 5.94. The van der Waals surface area contributed by atoms with Gasteiger partial charge in [-0.15, -0.1) is 0 Å². The maximum atomic E-state index is 12.6. The Kier molecular flexibility index (Phi) is 7.35. The number of piperidine rings is 1. The van der Waals surface area contributed by atoms with Crippen LogP contribution in [0.3, 0.4) is 0 Å². The van der Waals surface area contributed by atoms with Crippen LogP contribution in [0.15, 0.2) is 24.3 Å². The first-order valence-electron chi connectivity index (χ1n) is 10.9. The fourth-order valence-electron chi connectivity index (χ4n) is 4.31. The van der Waals surface area contributed by atoms with E-state index in [9.17, 15) is 9.59 Å². The molecule has 0 aromatic heterocycles. The van der Waals surface area contributed by atoms with Crippen LogP contribution in [-0.2, 0) is 4.79 Å². The summed E-state index contributed by atoms with van der Waals surface area (Å²) in [6.45, 7) is 8.20. The zero-order valence-electron chi connectivity index (χ0n) is 17.4. The molecule has 0 radical (unpaired) electrons. The summed E-state index contributed by atoms with van der Waals surface area (Å²) in [6.07, 6.45) is 6.17. The Bertz CT molecular complexity index is 648. The molecule has 1 aromatic rings. The highest BCUT2D eigenvalue weighted by Crippen LogP contribution is 2.23. The van der Waals surface area contributed by atoms with E-state index in [1.54, 1.807) is 0 Å². The number of carbonyl (C=O) groups is 2. The highest BCUT2D eigenvalue weighted by atomic mass is 16.5. The van der Waals surface area contributed by atoms with Crippen LogP contribution in [0.25, 0.3) is 0 Å². The van der Waals surface area contributed by atoms with Crippen molar-refractivity contribution >= 4 is 11.8 Å². The van der Waals surface area contributed by atoms with Gasteiger partial charge >= 0.3 is 0 Å². The third kappa shape index (κ3) is 5.06. The van der Waals surface area contributed by atoms with Crippen LogP contribution in [0.2, 0.25) is 0 Å². The van der Waals surface area contributed by atoms with Gasteiger partial charge in [0.15, 0.2) is 0 Å². The predicted molar refractivity (Wildman–Crippen MR) is 110 cm³/mol. The van der Waals surface area contributed by atoms with Gasteiger partial charge in [0.1, 0.15) is 5.75 Å². The standard InChI is InChI=1S/C23H34N2O3/c1-3-19(4-2)22(26)25-15-7-8-18(16-25)17-28-21-11-9-20(10-12-21)23(27)24-13-5-6-14-24/h9-12,18-19H,3-8,13-17H2,1-2H3. The normalized spacial score (nSPS) is 19.9. The molecule has 1 unspecified atom stereocenters. The van der Waals surface area contributed by atoms with E-state index < -0.39 is 0 Å². The van der Waals surface area contributed by atoms with Crippen LogP contribution >= 0.6 is 0 Å². The number of ether oxygens (including phenoxy) is 1. The Morgan fingerprint density at radius 1 is 1.00 bits per heavy atom. The first-order valence-corrected chi connectivity index (χ1v) is 10.9. The van der Waals surface area contributed by atoms with Gasteiger partial charge in [-0.3, -0.25) is 9.59 Å². The van der Waals surface area contributed by atoms with Crippen LogP contribution in [0, 0.1) is 11.8 Å². The first kappa shape index (κ1) is 20.7. The Balaban J connectivity index is 1.49. The van der Waals surface area contributed by atoms with Gasteiger partial charge in [0, 0.05) is 43.6 Å². The zero-order valence-corrected chi connectivity index (χ0v) is 17.4. The van der Waals surface area contributed by atoms with Crippen molar-refractivity contribution in [2.24, 2.45) is 11.8 Å². The molecule has 2 aliphatic rings. The number of hydrogen-bond acceptors (Lipinski definition) is 3. The second-order valence-electron chi connectivity index (χ2n) is 8.14. The summed E-state index contributed by atoms with van der Waals surface area (Å²) in [4.78, 5) is 29.0. The Hall–Kier alpha value is -2.04. The number of carbonyl (C=O) groups excluding carboxylic acids is 2. The molecule has 2 heterocycles. The Labute approximate surface area is 169 Å². The molecule has 1 atom stereocenters. The van der Waals surface area contributed by atoms with Gasteiger partial charge in [0.2, 0.25) is 5.91 Å². The van der Waals surface area contributed by atoms with Crippen LogP contribution < -0.4 is 4.74 Å². The van der Waals surface area contributed by atoms with Crippen LogP contribution in [0.1, 0.15) is 62.7 Å². The topological polar surface area (TPSA) is 49.9 Å². The van der Waals surface area contributed by atoms with Crippen molar-refractivity contribution in [2.75, 3.05) is 32.8 Å². The third-order valence-electron chi connectivity index (χ3n) is 6.15. The minimum Gasteiger partial charge on any atom is -0.493 e. The lowest BCUT2D eigenvalue weighted by molar-refractivity contribution is -0.137. The SMILES string of the molecule is CCC(CC)C(=O)N1CCCC(COc2ccc(C(=O)N3CCCC3)cc2)C1. The first-order chi connectivity index (χ1) is 13.6. The molecule has 2 saturated heterocycles. The van der Waals surface area contributed by atoms with Gasteiger partial charge in [-0.2, -0.15) is 0 Å². The summed E-state index contributed by atoms with van der Waals surface area (Å²) in [5.41, 5.74) is 0.730. The summed E-state index contributed by atoms with van der Waals surface area (Å²) in [5, 5.41) is 0. The van der Waals surface area contributed by atoms with Gasteiger partial charge in [0.25, 0.3) is 5.91 Å². The summed E-state index contributed by atoms with van der Waals surface area (Å²) in [6, 6.07) is 7.50. The molecule has 0 spiro atoms. The van der Waals surface area contributed by atoms with Crippen molar-refractivity contribution in [1.29, 1.82) is 0 Å². The number of rotatable bonds is 7. The highest BCUT2D eigenvalue weighted by Gasteiger charge is 2.27. The molecule has 154 valence electrons. The second kappa shape index (κ2) is 9.94. The quantitative estimate of drug-likeness (QED) is 0.712. The smallest absolute Gasteiger partial charge is 0.253 e. The van der Waals surface area contributed by atoms with E-state index in [1.807, 2.05) is 34.1 Å². The molecule has 5 heteroatoms. The third-order valence-corrected chi connectivity index (χ3v) is 6.15. The molecule has 3 rings (SSSR count). The van der Waals surface area contributed by atoms with Crippen molar-refractivity contribution in [3.05, 3.63) is 29.8 Å². The van der Waals surface area contributed by atoms with Crippen LogP contribution in [0.4, 0.5) is 0 Å². The number of hydrogen-bond donors (Lipinski definition) is 0. The lowest BCUT2D eigenvalue weighted by atomic mass is 9.95. The monoisotopic (exact) mass is 386 g/mol. The Morgan fingerprint density at radius 3 is 2.29 bits per heavy atom. The second-order valence-corrected chi connectivity index (χ2v) is 8.14. The van der Waals surface area contributed by atoms with E-state index in [-0.39, 0.29) is 11.8 Å². The van der Waals surface area contributed by atoms with E-state index in [0.717, 1.165) is 76.0 Å². The molecule has 2 fully saturated rings. The summed E-state index contributed by atoms with van der Waals surface area (Å²) < 4.78 is 5.98. The maximum absolute atomic E-state index is 12.6. The van der Waals surface area contributed by atoms with Crippen LogP contribution in [-0.4, -0.2) is 54.4 Å². The number of likely N-dealkylation sites (tertiary alicyclic amines) is 2. The molecular formula is C23H34N2O3. The average molecular weight is 387 g/mol. The molecule has 2 aliphatic heterocycles. The van der Waals surface area contributed by atoms with E-state index in [0.29, 0.717) is 18.4 Å². The van der Waals surface area contributed by atoms with Crippen molar-refractivity contribution in [2.45, 2.75) is 52.4 Å². The van der Waals surface area contributed by atoms with E-state index in [4.69, 9.17) is 4.74 Å². The fraction of sp³-hybridized carbons (Fsp3) is 0.652. The molecule has 28 heavy (non-hydrogen) atoms. The van der Waals surface area contributed by atoms with Crippen LogP contribution in [0.5, 0.6) is 5.75 Å². The molecule has 0 saturated carbocycles. The van der Waals surface area contributed by atoms with Gasteiger partial charge in [-0.1, -0.05) is 13.8 Å². The predicted octanol–water partition coefficient (Wildman–Crippen LogP) is 3.98. The van der Waals surface area contributed by atoms with Crippen molar-refractivity contribution in [3.8, 4) is 5.75 Å². The molecule has 0 bridgehead atoms. The lowest BCUT2D eigenvalue weighted by Gasteiger charge is -2.34. The summed E-state index contributed by atoms with van der Waals surface area (Å²) in [5.74, 6) is 1.74. The average Bonchev–Trinajstić information content (AvgIpc) is 3.28. The van der Waals surface area contributed by atoms with Crippen molar-refractivity contribution in [1.82, 2.24) is 9.80 Å². The summed E-state index contributed by atoms with van der Waals surface area (Å²) in [7, 11) is 0. The molecule has 0 aliphatic carbocycles. The Morgan fingerprint density at radius 2 is 1.64 bits per heavy atom. The molecule has 0 N–H and O–H groups in total. The van der Waals surface area contributed by atoms with Gasteiger partial charge in [-0.05, 0) is 62.8 Å². The minimum absolute atomic E-state index is 0.117. The van der Waals surface area contributed by atoms with Crippen molar-refractivity contribution in [3.63, 3.8) is 0 Å². The molecule has 5 nitrogen and oxygen atoms in total. The molecule has 2 amide bonds. The maximum Gasteiger partial charge on any atom is 0.253 e. The van der Waals surface area contributed by atoms with Gasteiger partial charge in [0.05, 0.1) is 6.61 Å². The van der Waals surface area contributed by atoms with Gasteiger partial charge < -0.3 is 14.5 Å². The zero-order chi connectivity index (χ0) is 19.9.